The molecule has 0 saturated heterocycles. The van der Waals surface area contributed by atoms with Gasteiger partial charge in [-0.25, -0.2) is 4.98 Å². The molecule has 126 valence electrons. The summed E-state index contributed by atoms with van der Waals surface area (Å²) in [5, 5.41) is 1.59. The van der Waals surface area contributed by atoms with Gasteiger partial charge in [0, 0.05) is 18.8 Å². The molecule has 0 spiro atoms. The number of amides is 1. The van der Waals surface area contributed by atoms with Gasteiger partial charge in [-0.05, 0) is 42.0 Å². The van der Waals surface area contributed by atoms with Gasteiger partial charge in [0.05, 0.1) is 0 Å². The molecule has 3 aromatic rings. The summed E-state index contributed by atoms with van der Waals surface area (Å²) in [6.07, 6.45) is 1.68. The number of hydrogen-bond acceptors (Lipinski definition) is 4. The Bertz CT molecular complexity index is 805. The molecule has 25 heavy (non-hydrogen) atoms. The normalized spacial score (nSPS) is 10.1. The fourth-order valence-corrected chi connectivity index (χ4v) is 2.27. The SMILES string of the molecule is CN(NC(=O)c1ccc(OCc2ccccc2)cc1)c1ccccn1. The van der Waals surface area contributed by atoms with Gasteiger partial charge in [-0.1, -0.05) is 36.4 Å². The number of hydrogen-bond donors (Lipinski definition) is 1. The summed E-state index contributed by atoms with van der Waals surface area (Å²) in [5.41, 5.74) is 4.43. The van der Waals surface area contributed by atoms with Gasteiger partial charge in [-0.15, -0.1) is 0 Å². The Hall–Kier alpha value is -3.34. The lowest BCUT2D eigenvalue weighted by Gasteiger charge is -2.19. The Morgan fingerprint density at radius 2 is 1.72 bits per heavy atom. The summed E-state index contributed by atoms with van der Waals surface area (Å²) in [6, 6.07) is 22.5. The van der Waals surface area contributed by atoms with E-state index in [0.717, 1.165) is 11.3 Å². The molecular weight excluding hydrogens is 314 g/mol. The van der Waals surface area contributed by atoms with E-state index in [0.29, 0.717) is 18.0 Å². The molecular formula is C20H19N3O2. The number of aromatic nitrogens is 1. The van der Waals surface area contributed by atoms with Crippen molar-refractivity contribution in [2.45, 2.75) is 6.61 Å². The molecule has 1 aromatic heterocycles. The standard InChI is InChI=1S/C20H19N3O2/c1-23(19-9-5-6-14-21-19)22-20(24)17-10-12-18(13-11-17)25-15-16-7-3-2-4-8-16/h2-14H,15H2,1H3,(H,22,24). The molecule has 5 nitrogen and oxygen atoms in total. The van der Waals surface area contributed by atoms with E-state index >= 15 is 0 Å². The van der Waals surface area contributed by atoms with Gasteiger partial charge in [0.2, 0.25) is 0 Å². The van der Waals surface area contributed by atoms with Gasteiger partial charge in [0.15, 0.2) is 0 Å². The Labute approximate surface area is 146 Å². The van der Waals surface area contributed by atoms with Crippen molar-refractivity contribution in [1.29, 1.82) is 0 Å². The predicted octanol–water partition coefficient (Wildman–Crippen LogP) is 3.44. The number of nitrogens with zero attached hydrogens (tertiary/aromatic N) is 2. The van der Waals surface area contributed by atoms with E-state index in [9.17, 15) is 4.79 Å². The highest BCUT2D eigenvalue weighted by molar-refractivity contribution is 5.95. The zero-order valence-corrected chi connectivity index (χ0v) is 13.9. The molecule has 0 bridgehead atoms. The first kappa shape index (κ1) is 16.5. The van der Waals surface area contributed by atoms with E-state index < -0.39 is 0 Å². The Balaban J connectivity index is 1.57. The van der Waals surface area contributed by atoms with E-state index in [1.807, 2.05) is 48.5 Å². The number of carbonyl (C=O) groups excluding carboxylic acids is 1. The van der Waals surface area contributed by atoms with Gasteiger partial charge in [-0.2, -0.15) is 0 Å². The lowest BCUT2D eigenvalue weighted by Crippen LogP contribution is -2.39. The second kappa shape index (κ2) is 7.97. The number of ether oxygens (including phenoxy) is 1. The second-order valence-corrected chi connectivity index (χ2v) is 5.49. The van der Waals surface area contributed by atoms with Crippen molar-refractivity contribution in [3.05, 3.63) is 90.1 Å². The Kier molecular flexibility index (Phi) is 5.26. The number of nitrogens with one attached hydrogen (secondary N) is 1. The highest BCUT2D eigenvalue weighted by Gasteiger charge is 2.09. The maximum Gasteiger partial charge on any atom is 0.269 e. The topological polar surface area (TPSA) is 54.5 Å². The third kappa shape index (κ3) is 4.57. The minimum atomic E-state index is -0.206. The van der Waals surface area contributed by atoms with Crippen molar-refractivity contribution >= 4 is 11.7 Å². The van der Waals surface area contributed by atoms with Crippen LogP contribution in [0, 0.1) is 0 Å². The molecule has 0 aliphatic rings. The first-order valence-electron chi connectivity index (χ1n) is 7.95. The lowest BCUT2D eigenvalue weighted by atomic mass is 10.2. The van der Waals surface area contributed by atoms with Crippen molar-refractivity contribution < 1.29 is 9.53 Å². The number of rotatable bonds is 6. The average molecular weight is 333 g/mol. The maximum atomic E-state index is 12.3. The van der Waals surface area contributed by atoms with Gasteiger partial charge in [0.1, 0.15) is 18.2 Å². The van der Waals surface area contributed by atoms with Crippen LogP contribution in [0.3, 0.4) is 0 Å². The molecule has 0 unspecified atom stereocenters. The van der Waals surface area contributed by atoms with Crippen molar-refractivity contribution in [2.75, 3.05) is 12.1 Å². The Morgan fingerprint density at radius 3 is 2.40 bits per heavy atom. The first-order valence-corrected chi connectivity index (χ1v) is 7.95. The summed E-state index contributed by atoms with van der Waals surface area (Å²) >= 11 is 0. The highest BCUT2D eigenvalue weighted by atomic mass is 16.5. The molecule has 2 aromatic carbocycles. The number of pyridine rings is 1. The van der Waals surface area contributed by atoms with Crippen molar-refractivity contribution in [1.82, 2.24) is 10.4 Å². The van der Waals surface area contributed by atoms with Crippen LogP contribution in [0.2, 0.25) is 0 Å². The van der Waals surface area contributed by atoms with Crippen LogP contribution >= 0.6 is 0 Å². The second-order valence-electron chi connectivity index (χ2n) is 5.49. The fourth-order valence-electron chi connectivity index (χ4n) is 2.27. The van der Waals surface area contributed by atoms with Crippen molar-refractivity contribution in [3.63, 3.8) is 0 Å². The van der Waals surface area contributed by atoms with E-state index in [-0.39, 0.29) is 5.91 Å². The first-order chi connectivity index (χ1) is 12.2. The van der Waals surface area contributed by atoms with Crippen LogP contribution in [0.1, 0.15) is 15.9 Å². The van der Waals surface area contributed by atoms with Crippen LogP contribution in [0.25, 0.3) is 0 Å². The third-order valence-electron chi connectivity index (χ3n) is 3.63. The Morgan fingerprint density at radius 1 is 1.00 bits per heavy atom. The monoisotopic (exact) mass is 333 g/mol. The quantitative estimate of drug-likeness (QED) is 0.702. The van der Waals surface area contributed by atoms with Gasteiger partial charge >= 0.3 is 0 Å². The summed E-state index contributed by atoms with van der Waals surface area (Å²) in [7, 11) is 1.75. The molecule has 0 atom stereocenters. The molecule has 1 heterocycles. The summed E-state index contributed by atoms with van der Waals surface area (Å²) in [6.45, 7) is 0.495. The average Bonchev–Trinajstić information content (AvgIpc) is 2.68. The molecule has 0 aliphatic heterocycles. The molecule has 5 heteroatoms. The van der Waals surface area contributed by atoms with E-state index in [1.54, 1.807) is 42.5 Å². The zero-order valence-electron chi connectivity index (χ0n) is 13.9. The van der Waals surface area contributed by atoms with Crippen molar-refractivity contribution in [3.8, 4) is 5.75 Å². The molecule has 3 rings (SSSR count). The number of benzene rings is 2. The van der Waals surface area contributed by atoms with Gasteiger partial charge < -0.3 is 4.74 Å². The minimum absolute atomic E-state index is 0.206. The molecule has 0 saturated carbocycles. The summed E-state index contributed by atoms with van der Waals surface area (Å²) < 4.78 is 5.73. The number of carbonyl (C=O) groups is 1. The molecule has 0 aliphatic carbocycles. The summed E-state index contributed by atoms with van der Waals surface area (Å²) in [5.74, 6) is 1.18. The van der Waals surface area contributed by atoms with E-state index in [2.05, 4.69) is 10.4 Å². The molecule has 0 radical (unpaired) electrons. The van der Waals surface area contributed by atoms with Crippen LogP contribution in [-0.2, 0) is 6.61 Å². The van der Waals surface area contributed by atoms with Gasteiger partial charge in [-0.3, -0.25) is 15.2 Å². The van der Waals surface area contributed by atoms with Crippen molar-refractivity contribution in [2.24, 2.45) is 0 Å². The lowest BCUT2D eigenvalue weighted by molar-refractivity contribution is 0.0951. The van der Waals surface area contributed by atoms with Gasteiger partial charge in [0.25, 0.3) is 5.91 Å². The predicted molar refractivity (Wildman–Crippen MR) is 97.3 cm³/mol. The van der Waals surface area contributed by atoms with Crippen LogP contribution in [-0.4, -0.2) is 17.9 Å². The number of hydrazine groups is 1. The summed E-state index contributed by atoms with van der Waals surface area (Å²) in [4.78, 5) is 16.5. The third-order valence-corrected chi connectivity index (χ3v) is 3.63. The van der Waals surface area contributed by atoms with E-state index in [4.69, 9.17) is 4.74 Å². The van der Waals surface area contributed by atoms with Crippen LogP contribution < -0.4 is 15.2 Å². The largest absolute Gasteiger partial charge is 0.489 e. The highest BCUT2D eigenvalue weighted by Crippen LogP contribution is 2.14. The minimum Gasteiger partial charge on any atom is -0.489 e. The van der Waals surface area contributed by atoms with E-state index in [1.165, 1.54) is 0 Å². The molecule has 0 fully saturated rings. The maximum absolute atomic E-state index is 12.3. The van der Waals surface area contributed by atoms with Crippen LogP contribution in [0.4, 0.5) is 5.82 Å². The fraction of sp³-hybridized carbons (Fsp3) is 0.100. The number of anilines is 1. The zero-order chi connectivity index (χ0) is 17.5. The molecule has 1 N–H and O–H groups in total. The van der Waals surface area contributed by atoms with Crippen LogP contribution in [0.15, 0.2) is 79.0 Å². The molecule has 1 amide bonds. The van der Waals surface area contributed by atoms with Crippen LogP contribution in [0.5, 0.6) is 5.75 Å². The smallest absolute Gasteiger partial charge is 0.269 e.